The summed E-state index contributed by atoms with van der Waals surface area (Å²) < 4.78 is 48.6. The fraction of sp³-hybridized carbons (Fsp3) is 0.522. The lowest BCUT2D eigenvalue weighted by molar-refractivity contribution is 0.233. The summed E-state index contributed by atoms with van der Waals surface area (Å²) in [6.45, 7) is 3.11. The highest BCUT2D eigenvalue weighted by Gasteiger charge is 2.44. The molecule has 1 saturated carbocycles. The molecule has 186 valence electrons. The minimum absolute atomic E-state index is 0.102. The molecule has 12 heteroatoms. The number of hydrogen-bond donors (Lipinski definition) is 0. The molecular weight excluding hydrogens is 539 g/mol. The summed E-state index contributed by atoms with van der Waals surface area (Å²) in [7, 11) is -3.23. The fourth-order valence-corrected chi connectivity index (χ4v) is 6.60. The van der Waals surface area contributed by atoms with Crippen LogP contribution in [0.2, 0.25) is 0 Å². The number of likely N-dealkylation sites (tertiary alicyclic amines) is 1. The van der Waals surface area contributed by atoms with Gasteiger partial charge in [0.05, 0.1) is 22.4 Å². The third kappa shape index (κ3) is 4.56. The molecule has 3 aliphatic rings. The zero-order valence-corrected chi connectivity index (χ0v) is 21.7. The lowest BCUT2D eigenvalue weighted by Crippen LogP contribution is -2.36. The SMILES string of the molecule is CS(=O)(=O)N1CC2CCN(Cc3cc(F)cnc3Oc3ccc4c(nnn4CC4CC4)c3Br)C2C1. The summed E-state index contributed by atoms with van der Waals surface area (Å²) in [6, 6.07) is 5.33. The predicted octanol–water partition coefficient (Wildman–Crippen LogP) is 3.40. The molecular formula is C23H26BrFN6O3S. The molecule has 0 N–H and O–H groups in total. The van der Waals surface area contributed by atoms with E-state index in [1.807, 2.05) is 16.8 Å². The van der Waals surface area contributed by atoms with Crippen molar-refractivity contribution in [3.05, 3.63) is 40.2 Å². The summed E-state index contributed by atoms with van der Waals surface area (Å²) in [5.74, 6) is 1.36. The second kappa shape index (κ2) is 8.75. The van der Waals surface area contributed by atoms with Gasteiger partial charge in [0.1, 0.15) is 17.1 Å². The molecule has 0 amide bonds. The lowest BCUT2D eigenvalue weighted by Gasteiger charge is -2.25. The molecule has 3 aromatic rings. The van der Waals surface area contributed by atoms with Crippen LogP contribution in [-0.2, 0) is 23.1 Å². The largest absolute Gasteiger partial charge is 0.437 e. The molecule has 6 rings (SSSR count). The van der Waals surface area contributed by atoms with Crippen molar-refractivity contribution in [2.75, 3.05) is 25.9 Å². The number of aromatic nitrogens is 4. The molecule has 0 radical (unpaired) electrons. The van der Waals surface area contributed by atoms with Gasteiger partial charge in [-0.2, -0.15) is 0 Å². The minimum atomic E-state index is -3.23. The van der Waals surface area contributed by atoms with Crippen LogP contribution >= 0.6 is 15.9 Å². The van der Waals surface area contributed by atoms with Crippen molar-refractivity contribution in [1.82, 2.24) is 29.2 Å². The molecule has 35 heavy (non-hydrogen) atoms. The highest BCUT2D eigenvalue weighted by Crippen LogP contribution is 2.38. The standard InChI is InChI=1S/C23H26BrFN6O3S/c1-35(32,33)30-12-15-6-7-29(19(15)13-30)11-16-8-17(25)9-26-23(16)34-20-5-4-18-22(21(20)24)27-28-31(18)10-14-2-3-14/h4-5,8-9,14-15,19H,2-3,6-7,10-13H2,1H3. The molecule has 1 aliphatic carbocycles. The van der Waals surface area contributed by atoms with Gasteiger partial charge in [-0.1, -0.05) is 5.21 Å². The third-order valence-corrected chi connectivity index (χ3v) is 9.29. The Bertz CT molecular complexity index is 1400. The van der Waals surface area contributed by atoms with Gasteiger partial charge in [0.15, 0.2) is 0 Å². The monoisotopic (exact) mass is 564 g/mol. The molecule has 2 saturated heterocycles. The second-order valence-corrected chi connectivity index (χ2v) is 12.6. The molecule has 0 spiro atoms. The van der Waals surface area contributed by atoms with Gasteiger partial charge >= 0.3 is 0 Å². The van der Waals surface area contributed by atoms with Crippen molar-refractivity contribution in [3.63, 3.8) is 0 Å². The van der Waals surface area contributed by atoms with E-state index in [1.54, 1.807) is 4.31 Å². The van der Waals surface area contributed by atoms with Gasteiger partial charge in [-0.3, -0.25) is 4.90 Å². The molecule has 9 nitrogen and oxygen atoms in total. The Kier molecular flexibility index (Phi) is 5.82. The first kappa shape index (κ1) is 23.3. The summed E-state index contributed by atoms with van der Waals surface area (Å²) in [6.07, 6.45) is 5.76. The number of nitrogens with zero attached hydrogens (tertiary/aromatic N) is 6. The summed E-state index contributed by atoms with van der Waals surface area (Å²) in [5.41, 5.74) is 2.26. The number of halogens is 2. The molecule has 1 aromatic carbocycles. The minimum Gasteiger partial charge on any atom is -0.437 e. The molecule has 2 aliphatic heterocycles. The van der Waals surface area contributed by atoms with E-state index < -0.39 is 15.8 Å². The van der Waals surface area contributed by atoms with Crippen LogP contribution < -0.4 is 4.74 Å². The average Bonchev–Trinajstić information content (AvgIpc) is 3.19. The van der Waals surface area contributed by atoms with Crippen molar-refractivity contribution < 1.29 is 17.5 Å². The van der Waals surface area contributed by atoms with Gasteiger partial charge in [-0.25, -0.2) is 26.8 Å². The molecule has 2 unspecified atom stereocenters. The highest BCUT2D eigenvalue weighted by atomic mass is 79.9. The fourth-order valence-electron chi connectivity index (χ4n) is 5.22. The first-order valence-electron chi connectivity index (χ1n) is 11.8. The number of fused-ring (bicyclic) bond motifs is 2. The smallest absolute Gasteiger partial charge is 0.223 e. The maximum Gasteiger partial charge on any atom is 0.223 e. The molecule has 2 aromatic heterocycles. The van der Waals surface area contributed by atoms with Crippen LogP contribution in [0.1, 0.15) is 24.8 Å². The molecule has 2 atom stereocenters. The van der Waals surface area contributed by atoms with Crippen LogP contribution in [0.5, 0.6) is 11.6 Å². The maximum atomic E-state index is 14.2. The first-order chi connectivity index (χ1) is 16.8. The second-order valence-electron chi connectivity index (χ2n) is 9.85. The van der Waals surface area contributed by atoms with Crippen molar-refractivity contribution in [3.8, 4) is 11.6 Å². The van der Waals surface area contributed by atoms with Crippen molar-refractivity contribution in [1.29, 1.82) is 0 Å². The number of benzene rings is 1. The van der Waals surface area contributed by atoms with Crippen molar-refractivity contribution in [2.45, 2.75) is 38.4 Å². The zero-order valence-electron chi connectivity index (χ0n) is 19.3. The van der Waals surface area contributed by atoms with Gasteiger partial charge in [-0.05, 0) is 71.8 Å². The topological polar surface area (TPSA) is 93.5 Å². The van der Waals surface area contributed by atoms with Gasteiger partial charge in [0, 0.05) is 37.8 Å². The van der Waals surface area contributed by atoms with E-state index in [0.29, 0.717) is 52.7 Å². The van der Waals surface area contributed by atoms with Crippen molar-refractivity contribution >= 4 is 37.0 Å². The lowest BCUT2D eigenvalue weighted by atomic mass is 10.1. The summed E-state index contributed by atoms with van der Waals surface area (Å²) >= 11 is 3.61. The van der Waals surface area contributed by atoms with E-state index in [4.69, 9.17) is 4.74 Å². The van der Waals surface area contributed by atoms with Crippen LogP contribution in [0, 0.1) is 17.7 Å². The van der Waals surface area contributed by atoms with E-state index in [-0.39, 0.29) is 12.0 Å². The van der Waals surface area contributed by atoms with Gasteiger partial charge in [0.2, 0.25) is 15.9 Å². The maximum absolute atomic E-state index is 14.2. The average molecular weight is 565 g/mol. The third-order valence-electron chi connectivity index (χ3n) is 7.29. The number of hydrogen-bond acceptors (Lipinski definition) is 7. The Morgan fingerprint density at radius 1 is 1.23 bits per heavy atom. The Hall–Kier alpha value is -2.15. The number of pyridine rings is 1. The van der Waals surface area contributed by atoms with Crippen molar-refractivity contribution in [2.24, 2.45) is 11.8 Å². The quantitative estimate of drug-likeness (QED) is 0.434. The Balaban J connectivity index is 1.24. The zero-order chi connectivity index (χ0) is 24.3. The molecule has 4 heterocycles. The summed E-state index contributed by atoms with van der Waals surface area (Å²) in [4.78, 5) is 6.45. The first-order valence-corrected chi connectivity index (χ1v) is 14.4. The van der Waals surface area contributed by atoms with Crippen LogP contribution in [0.4, 0.5) is 4.39 Å². The number of sulfonamides is 1. The molecule has 3 fully saturated rings. The van der Waals surface area contributed by atoms with E-state index in [1.165, 1.54) is 25.2 Å². The van der Waals surface area contributed by atoms with Crippen LogP contribution in [0.25, 0.3) is 11.0 Å². The van der Waals surface area contributed by atoms with E-state index in [2.05, 4.69) is 36.1 Å². The number of rotatable bonds is 7. The van der Waals surface area contributed by atoms with Crippen LogP contribution in [0.15, 0.2) is 28.9 Å². The molecule has 0 bridgehead atoms. The van der Waals surface area contributed by atoms with E-state index in [0.717, 1.165) is 31.2 Å². The Morgan fingerprint density at radius 3 is 2.83 bits per heavy atom. The van der Waals surface area contributed by atoms with E-state index in [9.17, 15) is 12.8 Å². The number of ether oxygens (including phenoxy) is 1. The Morgan fingerprint density at radius 2 is 2.06 bits per heavy atom. The van der Waals surface area contributed by atoms with Gasteiger partial charge in [-0.15, -0.1) is 5.10 Å². The van der Waals surface area contributed by atoms with Gasteiger partial charge < -0.3 is 4.74 Å². The predicted molar refractivity (Wildman–Crippen MR) is 131 cm³/mol. The van der Waals surface area contributed by atoms with Crippen LogP contribution in [0.3, 0.4) is 0 Å². The summed E-state index contributed by atoms with van der Waals surface area (Å²) in [5, 5.41) is 8.63. The Labute approximate surface area is 211 Å². The van der Waals surface area contributed by atoms with E-state index >= 15 is 0 Å². The normalized spacial score (nSPS) is 23.3. The van der Waals surface area contributed by atoms with Crippen LogP contribution in [-0.4, -0.2) is 69.5 Å². The van der Waals surface area contributed by atoms with Gasteiger partial charge in [0.25, 0.3) is 0 Å². The highest BCUT2D eigenvalue weighted by molar-refractivity contribution is 9.10.